The fourth-order valence-electron chi connectivity index (χ4n) is 2.59. The summed E-state index contributed by atoms with van der Waals surface area (Å²) in [5.74, 6) is 1.71. The van der Waals surface area contributed by atoms with Gasteiger partial charge in [-0.2, -0.15) is 0 Å². The molecule has 88 valence electrons. The van der Waals surface area contributed by atoms with E-state index < -0.39 is 0 Å². The van der Waals surface area contributed by atoms with Gasteiger partial charge in [0.25, 0.3) is 0 Å². The summed E-state index contributed by atoms with van der Waals surface area (Å²) in [5.41, 5.74) is 0. The lowest BCUT2D eigenvalue weighted by atomic mass is 9.91. The van der Waals surface area contributed by atoms with Crippen LogP contribution in [0.5, 0.6) is 0 Å². The van der Waals surface area contributed by atoms with E-state index >= 15 is 0 Å². The van der Waals surface area contributed by atoms with Crippen LogP contribution >= 0.6 is 0 Å². The Morgan fingerprint density at radius 1 is 1.40 bits per heavy atom. The highest BCUT2D eigenvalue weighted by Gasteiger charge is 2.24. The first-order chi connectivity index (χ1) is 7.13. The fraction of sp³-hybridized carbons (Fsp3) is 0.846. The van der Waals surface area contributed by atoms with Gasteiger partial charge in [-0.3, -0.25) is 4.90 Å². The molecule has 0 amide bonds. The van der Waals surface area contributed by atoms with E-state index in [4.69, 9.17) is 0 Å². The maximum absolute atomic E-state index is 3.72. The Morgan fingerprint density at radius 3 is 2.53 bits per heavy atom. The Balaban J connectivity index is 2.30. The molecule has 1 N–H and O–H groups in total. The highest BCUT2D eigenvalue weighted by molar-refractivity contribution is 4.80. The average Bonchev–Trinajstić information content (AvgIpc) is 2.16. The molecule has 3 unspecified atom stereocenters. The zero-order valence-electron chi connectivity index (χ0n) is 10.5. The van der Waals surface area contributed by atoms with Gasteiger partial charge in [-0.15, -0.1) is 6.58 Å². The summed E-state index contributed by atoms with van der Waals surface area (Å²) >= 11 is 0. The van der Waals surface area contributed by atoms with Crippen LogP contribution in [0, 0.1) is 11.8 Å². The Morgan fingerprint density at radius 2 is 2.00 bits per heavy atom. The van der Waals surface area contributed by atoms with Crippen LogP contribution in [0.4, 0.5) is 0 Å². The number of nitrogens with zero attached hydrogens (tertiary/aromatic N) is 1. The van der Waals surface area contributed by atoms with Crippen molar-refractivity contribution in [1.82, 2.24) is 10.2 Å². The van der Waals surface area contributed by atoms with Crippen LogP contribution in [-0.2, 0) is 0 Å². The van der Waals surface area contributed by atoms with Gasteiger partial charge >= 0.3 is 0 Å². The number of rotatable bonds is 5. The topological polar surface area (TPSA) is 15.3 Å². The summed E-state index contributed by atoms with van der Waals surface area (Å²) in [6, 6.07) is 0.648. The van der Waals surface area contributed by atoms with E-state index in [2.05, 4.69) is 37.6 Å². The minimum Gasteiger partial charge on any atom is -0.312 e. The Hall–Kier alpha value is -0.340. The molecular weight excluding hydrogens is 184 g/mol. The summed E-state index contributed by atoms with van der Waals surface area (Å²) in [6.07, 6.45) is 3.32. The van der Waals surface area contributed by atoms with Crippen LogP contribution in [0.15, 0.2) is 12.7 Å². The summed E-state index contributed by atoms with van der Waals surface area (Å²) in [6.45, 7) is 15.3. The minimum atomic E-state index is 0.648. The second kappa shape index (κ2) is 6.29. The number of likely N-dealkylation sites (tertiary alicyclic amines) is 1. The van der Waals surface area contributed by atoms with Gasteiger partial charge in [0, 0.05) is 32.2 Å². The third-order valence-electron chi connectivity index (χ3n) is 3.25. The SMILES string of the molecule is C=CCNCC(C)N1CC(C)CC(C)C1. The molecule has 0 aliphatic carbocycles. The van der Waals surface area contributed by atoms with Crippen LogP contribution in [-0.4, -0.2) is 37.1 Å². The highest BCUT2D eigenvalue weighted by Crippen LogP contribution is 2.22. The lowest BCUT2D eigenvalue weighted by molar-refractivity contribution is 0.103. The van der Waals surface area contributed by atoms with Crippen molar-refractivity contribution in [2.24, 2.45) is 11.8 Å². The van der Waals surface area contributed by atoms with Crippen molar-refractivity contribution in [3.05, 3.63) is 12.7 Å². The molecule has 1 heterocycles. The molecular formula is C13H26N2. The van der Waals surface area contributed by atoms with E-state index in [-0.39, 0.29) is 0 Å². The number of nitrogens with one attached hydrogen (secondary N) is 1. The molecule has 0 aromatic heterocycles. The number of hydrogen-bond acceptors (Lipinski definition) is 2. The molecule has 1 aliphatic rings. The molecule has 1 rings (SSSR count). The molecule has 2 heteroatoms. The van der Waals surface area contributed by atoms with Crippen molar-refractivity contribution < 1.29 is 0 Å². The van der Waals surface area contributed by atoms with E-state index in [1.807, 2.05) is 6.08 Å². The van der Waals surface area contributed by atoms with Crippen molar-refractivity contribution in [2.45, 2.75) is 33.2 Å². The van der Waals surface area contributed by atoms with E-state index in [0.29, 0.717) is 6.04 Å². The quantitative estimate of drug-likeness (QED) is 0.552. The normalized spacial score (nSPS) is 30.1. The van der Waals surface area contributed by atoms with Gasteiger partial charge < -0.3 is 5.32 Å². The predicted octanol–water partition coefficient (Wildman–Crippen LogP) is 2.13. The molecule has 0 aromatic rings. The summed E-state index contributed by atoms with van der Waals surface area (Å²) in [4.78, 5) is 2.62. The van der Waals surface area contributed by atoms with Gasteiger partial charge in [0.1, 0.15) is 0 Å². The number of hydrogen-bond donors (Lipinski definition) is 1. The largest absolute Gasteiger partial charge is 0.312 e. The first kappa shape index (κ1) is 12.7. The lowest BCUT2D eigenvalue weighted by Crippen LogP contribution is -2.47. The molecule has 0 aromatic carbocycles. The fourth-order valence-corrected chi connectivity index (χ4v) is 2.59. The molecule has 1 fully saturated rings. The van der Waals surface area contributed by atoms with Gasteiger partial charge in [0.05, 0.1) is 0 Å². The number of piperidine rings is 1. The minimum absolute atomic E-state index is 0.648. The molecule has 1 aliphatic heterocycles. The molecule has 0 radical (unpaired) electrons. The second-order valence-corrected chi connectivity index (χ2v) is 5.20. The van der Waals surface area contributed by atoms with Crippen molar-refractivity contribution >= 4 is 0 Å². The first-order valence-corrected chi connectivity index (χ1v) is 6.19. The van der Waals surface area contributed by atoms with Crippen LogP contribution in [0.1, 0.15) is 27.2 Å². The Labute approximate surface area is 94.7 Å². The van der Waals surface area contributed by atoms with Gasteiger partial charge in [-0.25, -0.2) is 0 Å². The van der Waals surface area contributed by atoms with Crippen molar-refractivity contribution in [3.63, 3.8) is 0 Å². The van der Waals surface area contributed by atoms with Crippen LogP contribution < -0.4 is 5.32 Å². The van der Waals surface area contributed by atoms with Gasteiger partial charge in [0.15, 0.2) is 0 Å². The van der Waals surface area contributed by atoms with Crippen LogP contribution in [0.3, 0.4) is 0 Å². The van der Waals surface area contributed by atoms with Gasteiger partial charge in [0.2, 0.25) is 0 Å². The molecule has 0 bridgehead atoms. The van der Waals surface area contributed by atoms with Crippen molar-refractivity contribution in [3.8, 4) is 0 Å². The van der Waals surface area contributed by atoms with Gasteiger partial charge in [-0.1, -0.05) is 19.9 Å². The molecule has 0 saturated carbocycles. The molecule has 3 atom stereocenters. The zero-order chi connectivity index (χ0) is 11.3. The Kier molecular flexibility index (Phi) is 5.34. The van der Waals surface area contributed by atoms with E-state index in [9.17, 15) is 0 Å². The third kappa shape index (κ3) is 4.35. The van der Waals surface area contributed by atoms with Crippen LogP contribution in [0.25, 0.3) is 0 Å². The third-order valence-corrected chi connectivity index (χ3v) is 3.25. The average molecular weight is 210 g/mol. The zero-order valence-corrected chi connectivity index (χ0v) is 10.5. The standard InChI is InChI=1S/C13H26N2/c1-5-6-14-8-13(4)15-9-11(2)7-12(3)10-15/h5,11-14H,1,6-10H2,2-4H3. The maximum atomic E-state index is 3.72. The second-order valence-electron chi connectivity index (χ2n) is 5.20. The van der Waals surface area contributed by atoms with Gasteiger partial charge in [-0.05, 0) is 25.2 Å². The summed E-state index contributed by atoms with van der Waals surface area (Å²) in [5, 5.41) is 3.40. The van der Waals surface area contributed by atoms with Crippen molar-refractivity contribution in [1.29, 1.82) is 0 Å². The maximum Gasteiger partial charge on any atom is 0.0192 e. The monoisotopic (exact) mass is 210 g/mol. The smallest absolute Gasteiger partial charge is 0.0192 e. The Bertz CT molecular complexity index is 181. The highest BCUT2D eigenvalue weighted by atomic mass is 15.2. The summed E-state index contributed by atoms with van der Waals surface area (Å²) in [7, 11) is 0. The van der Waals surface area contributed by atoms with E-state index in [1.165, 1.54) is 19.5 Å². The van der Waals surface area contributed by atoms with E-state index in [1.54, 1.807) is 0 Å². The predicted molar refractivity (Wildman–Crippen MR) is 67.0 cm³/mol. The molecule has 15 heavy (non-hydrogen) atoms. The lowest BCUT2D eigenvalue weighted by Gasteiger charge is -2.38. The first-order valence-electron chi connectivity index (χ1n) is 6.19. The molecule has 0 spiro atoms. The molecule has 2 nitrogen and oxygen atoms in total. The van der Waals surface area contributed by atoms with E-state index in [0.717, 1.165) is 24.9 Å². The molecule has 1 saturated heterocycles. The summed E-state index contributed by atoms with van der Waals surface area (Å²) < 4.78 is 0. The van der Waals surface area contributed by atoms with Crippen LogP contribution in [0.2, 0.25) is 0 Å². The van der Waals surface area contributed by atoms with Crippen molar-refractivity contribution in [2.75, 3.05) is 26.2 Å².